The largest absolute Gasteiger partial charge is 0.351 e. The number of carbonyl (C=O) groups excluding carboxylic acids is 2. The van der Waals surface area contributed by atoms with E-state index in [1.165, 1.54) is 11.3 Å². The number of hydrogen-bond donors (Lipinski definition) is 2. The Kier molecular flexibility index (Phi) is 4.97. The summed E-state index contributed by atoms with van der Waals surface area (Å²) in [5, 5.41) is 13.1. The first-order valence-electron chi connectivity index (χ1n) is 7.29. The van der Waals surface area contributed by atoms with Crippen molar-refractivity contribution in [2.45, 2.75) is 6.42 Å². The van der Waals surface area contributed by atoms with Crippen LogP contribution in [-0.2, 0) is 4.79 Å². The Morgan fingerprint density at radius 3 is 2.83 bits per heavy atom. The number of pyridine rings is 1. The molecule has 0 atom stereocenters. The summed E-state index contributed by atoms with van der Waals surface area (Å²) >= 11 is 1.46. The van der Waals surface area contributed by atoms with Gasteiger partial charge in [0.15, 0.2) is 5.82 Å². The van der Waals surface area contributed by atoms with E-state index in [0.29, 0.717) is 17.1 Å². The third-order valence-corrected chi connectivity index (χ3v) is 3.87. The van der Waals surface area contributed by atoms with Crippen molar-refractivity contribution in [2.24, 2.45) is 0 Å². The van der Waals surface area contributed by atoms with Gasteiger partial charge in [-0.1, -0.05) is 0 Å². The average molecular weight is 341 g/mol. The van der Waals surface area contributed by atoms with Gasteiger partial charge in [-0.25, -0.2) is 9.67 Å². The first-order chi connectivity index (χ1) is 11.7. The van der Waals surface area contributed by atoms with Crippen molar-refractivity contribution in [2.75, 3.05) is 11.9 Å². The van der Waals surface area contributed by atoms with Crippen LogP contribution in [0, 0.1) is 0 Å². The Balaban J connectivity index is 1.46. The normalized spacial score (nSPS) is 10.3. The fourth-order valence-corrected chi connectivity index (χ4v) is 2.64. The Bertz CT molecular complexity index is 798. The number of anilines is 1. The summed E-state index contributed by atoms with van der Waals surface area (Å²) in [5.41, 5.74) is 1.21. The summed E-state index contributed by atoms with van der Waals surface area (Å²) < 4.78 is 1.63. The molecule has 3 aromatic heterocycles. The molecular formula is C16H15N5O2S. The number of carbonyl (C=O) groups is 2. The van der Waals surface area contributed by atoms with E-state index in [9.17, 15) is 9.59 Å². The summed E-state index contributed by atoms with van der Waals surface area (Å²) in [6.45, 7) is 0.277. The molecule has 122 valence electrons. The molecule has 2 N–H and O–H groups in total. The third kappa shape index (κ3) is 4.05. The molecule has 3 heterocycles. The summed E-state index contributed by atoms with van der Waals surface area (Å²) in [4.78, 5) is 27.9. The molecule has 0 bridgehead atoms. The van der Waals surface area contributed by atoms with Crippen LogP contribution >= 0.6 is 11.3 Å². The number of nitrogens with one attached hydrogen (secondary N) is 2. The van der Waals surface area contributed by atoms with Crippen LogP contribution < -0.4 is 10.6 Å². The number of thiophene rings is 1. The molecule has 0 saturated carbocycles. The van der Waals surface area contributed by atoms with Crippen LogP contribution in [-0.4, -0.2) is 33.1 Å². The van der Waals surface area contributed by atoms with Gasteiger partial charge in [0.2, 0.25) is 5.91 Å². The Labute approximate surface area is 142 Å². The molecule has 0 unspecified atom stereocenters. The van der Waals surface area contributed by atoms with Gasteiger partial charge in [0.1, 0.15) is 0 Å². The standard InChI is InChI=1S/C16H15N5O2S/c22-15(4-7-17-16(23)12-5-9-24-11-12)20-13-2-3-14(18-10-13)21-8-1-6-19-21/h1-3,5-6,8-11H,4,7H2,(H,17,23)(H,20,22). The highest BCUT2D eigenvalue weighted by molar-refractivity contribution is 7.08. The molecular weight excluding hydrogens is 326 g/mol. The molecule has 24 heavy (non-hydrogen) atoms. The molecule has 0 saturated heterocycles. The summed E-state index contributed by atoms with van der Waals surface area (Å²) in [5.74, 6) is 0.310. The van der Waals surface area contributed by atoms with Crippen molar-refractivity contribution in [3.63, 3.8) is 0 Å². The Morgan fingerprint density at radius 1 is 1.25 bits per heavy atom. The van der Waals surface area contributed by atoms with Crippen molar-refractivity contribution in [3.05, 3.63) is 59.2 Å². The Morgan fingerprint density at radius 2 is 2.17 bits per heavy atom. The van der Waals surface area contributed by atoms with Crippen LogP contribution in [0.3, 0.4) is 0 Å². The number of rotatable bonds is 6. The smallest absolute Gasteiger partial charge is 0.252 e. The van der Waals surface area contributed by atoms with Gasteiger partial charge in [0.05, 0.1) is 11.9 Å². The van der Waals surface area contributed by atoms with Gasteiger partial charge in [-0.2, -0.15) is 16.4 Å². The minimum atomic E-state index is -0.186. The number of amides is 2. The van der Waals surface area contributed by atoms with E-state index in [4.69, 9.17) is 0 Å². The zero-order valence-corrected chi connectivity index (χ0v) is 13.5. The van der Waals surface area contributed by atoms with E-state index in [1.807, 2.05) is 11.4 Å². The predicted octanol–water partition coefficient (Wildman–Crippen LogP) is 2.09. The van der Waals surface area contributed by atoms with Crippen LogP contribution in [0.15, 0.2) is 53.6 Å². The van der Waals surface area contributed by atoms with Gasteiger partial charge >= 0.3 is 0 Å². The maximum Gasteiger partial charge on any atom is 0.252 e. The lowest BCUT2D eigenvalue weighted by molar-refractivity contribution is -0.116. The van der Waals surface area contributed by atoms with Gasteiger partial charge in [-0.15, -0.1) is 0 Å². The van der Waals surface area contributed by atoms with Crippen molar-refractivity contribution in [3.8, 4) is 5.82 Å². The van der Waals surface area contributed by atoms with Crippen molar-refractivity contribution in [1.29, 1.82) is 0 Å². The van der Waals surface area contributed by atoms with Gasteiger partial charge in [0.25, 0.3) is 5.91 Å². The quantitative estimate of drug-likeness (QED) is 0.718. The number of hydrogen-bond acceptors (Lipinski definition) is 5. The molecule has 8 heteroatoms. The lowest BCUT2D eigenvalue weighted by Gasteiger charge is -2.07. The molecule has 0 aliphatic heterocycles. The molecule has 3 rings (SSSR count). The van der Waals surface area contributed by atoms with E-state index in [1.54, 1.807) is 46.9 Å². The van der Waals surface area contributed by atoms with E-state index in [-0.39, 0.29) is 24.8 Å². The second-order valence-corrected chi connectivity index (χ2v) is 5.70. The molecule has 3 aromatic rings. The first kappa shape index (κ1) is 15.9. The maximum atomic E-state index is 11.9. The van der Waals surface area contributed by atoms with Gasteiger partial charge in [-0.3, -0.25) is 9.59 Å². The van der Waals surface area contributed by atoms with E-state index < -0.39 is 0 Å². The van der Waals surface area contributed by atoms with Crippen LogP contribution in [0.4, 0.5) is 5.69 Å². The summed E-state index contributed by atoms with van der Waals surface area (Å²) in [7, 11) is 0. The van der Waals surface area contributed by atoms with Crippen molar-refractivity contribution < 1.29 is 9.59 Å². The molecule has 0 aliphatic carbocycles. The minimum absolute atomic E-state index is 0.172. The summed E-state index contributed by atoms with van der Waals surface area (Å²) in [6, 6.07) is 7.07. The third-order valence-electron chi connectivity index (χ3n) is 3.19. The second-order valence-electron chi connectivity index (χ2n) is 4.92. The lowest BCUT2D eigenvalue weighted by atomic mass is 10.3. The zero-order chi connectivity index (χ0) is 16.8. The fourth-order valence-electron chi connectivity index (χ4n) is 2.01. The average Bonchev–Trinajstić information content (AvgIpc) is 3.29. The van der Waals surface area contributed by atoms with Crippen LogP contribution in [0.5, 0.6) is 0 Å². The molecule has 7 nitrogen and oxygen atoms in total. The molecule has 2 amide bonds. The van der Waals surface area contributed by atoms with Crippen molar-refractivity contribution in [1.82, 2.24) is 20.1 Å². The van der Waals surface area contributed by atoms with Crippen LogP contribution in [0.25, 0.3) is 5.82 Å². The molecule has 0 fully saturated rings. The van der Waals surface area contributed by atoms with E-state index >= 15 is 0 Å². The van der Waals surface area contributed by atoms with Gasteiger partial charge in [0, 0.05) is 36.3 Å². The first-order valence-corrected chi connectivity index (χ1v) is 8.23. The maximum absolute atomic E-state index is 11.9. The highest BCUT2D eigenvalue weighted by Crippen LogP contribution is 2.09. The fraction of sp³-hybridized carbons (Fsp3) is 0.125. The SMILES string of the molecule is O=C(CCNC(=O)c1ccsc1)Nc1ccc(-n2cccn2)nc1. The lowest BCUT2D eigenvalue weighted by Crippen LogP contribution is -2.27. The highest BCUT2D eigenvalue weighted by Gasteiger charge is 2.07. The van der Waals surface area contributed by atoms with Gasteiger partial charge < -0.3 is 10.6 Å². The predicted molar refractivity (Wildman–Crippen MR) is 91.3 cm³/mol. The van der Waals surface area contributed by atoms with Crippen molar-refractivity contribution >= 4 is 28.8 Å². The van der Waals surface area contributed by atoms with E-state index in [0.717, 1.165) is 0 Å². The molecule has 0 aliphatic rings. The second kappa shape index (κ2) is 7.51. The minimum Gasteiger partial charge on any atom is -0.351 e. The Hall–Kier alpha value is -3.00. The number of nitrogens with zero attached hydrogens (tertiary/aromatic N) is 3. The molecule has 0 radical (unpaired) electrons. The van der Waals surface area contributed by atoms with Crippen LogP contribution in [0.2, 0.25) is 0 Å². The monoisotopic (exact) mass is 341 g/mol. The van der Waals surface area contributed by atoms with Crippen LogP contribution in [0.1, 0.15) is 16.8 Å². The van der Waals surface area contributed by atoms with Gasteiger partial charge in [-0.05, 0) is 29.6 Å². The highest BCUT2D eigenvalue weighted by atomic mass is 32.1. The summed E-state index contributed by atoms with van der Waals surface area (Å²) in [6.07, 6.45) is 5.22. The zero-order valence-electron chi connectivity index (χ0n) is 12.7. The topological polar surface area (TPSA) is 88.9 Å². The van der Waals surface area contributed by atoms with E-state index in [2.05, 4.69) is 20.7 Å². The molecule has 0 spiro atoms. The molecule has 0 aromatic carbocycles. The number of aromatic nitrogens is 3.